The van der Waals surface area contributed by atoms with Gasteiger partial charge in [0, 0.05) is 11.6 Å². The number of nitrogens with zero attached hydrogens (tertiary/aromatic N) is 1. The highest BCUT2D eigenvalue weighted by Crippen LogP contribution is 2.25. The smallest absolute Gasteiger partial charge is 0.230 e. The van der Waals surface area contributed by atoms with Crippen LogP contribution in [-0.2, 0) is 0 Å². The molecule has 0 saturated carbocycles. The highest BCUT2D eigenvalue weighted by atomic mass is 19.1. The number of halogens is 2. The van der Waals surface area contributed by atoms with Crippen LogP contribution < -0.4 is 9.47 Å². The Morgan fingerprint density at radius 2 is 1.45 bits per heavy atom. The van der Waals surface area contributed by atoms with Crippen LogP contribution in [0.2, 0.25) is 0 Å². The van der Waals surface area contributed by atoms with E-state index in [2.05, 4.69) is 19.2 Å². The van der Waals surface area contributed by atoms with E-state index >= 15 is 0 Å². The van der Waals surface area contributed by atoms with E-state index in [4.69, 9.17) is 14.7 Å². The topological polar surface area (TPSA) is 42.2 Å². The fourth-order valence-corrected chi connectivity index (χ4v) is 2.77. The van der Waals surface area contributed by atoms with Gasteiger partial charge in [0.15, 0.2) is 0 Å². The van der Waals surface area contributed by atoms with Crippen molar-refractivity contribution >= 4 is 5.57 Å². The van der Waals surface area contributed by atoms with Gasteiger partial charge in [0.05, 0.1) is 11.6 Å². The van der Waals surface area contributed by atoms with Crippen LogP contribution in [0.15, 0.2) is 97.9 Å². The van der Waals surface area contributed by atoms with Gasteiger partial charge in [0.2, 0.25) is 6.79 Å². The Kier molecular flexibility index (Phi) is 6.97. The summed E-state index contributed by atoms with van der Waals surface area (Å²) in [5.41, 5.74) is 3.15. The van der Waals surface area contributed by atoms with Crippen LogP contribution in [0.25, 0.3) is 16.7 Å². The lowest BCUT2D eigenvalue weighted by Crippen LogP contribution is -2.06. The first-order valence-corrected chi connectivity index (χ1v) is 9.34. The summed E-state index contributed by atoms with van der Waals surface area (Å²) in [6.07, 6.45) is 2.47. The molecule has 3 aromatic rings. The van der Waals surface area contributed by atoms with Crippen LogP contribution in [0.4, 0.5) is 8.78 Å². The summed E-state index contributed by atoms with van der Waals surface area (Å²) in [7, 11) is 0. The molecule has 0 aromatic heterocycles. The van der Waals surface area contributed by atoms with Gasteiger partial charge in [-0.3, -0.25) is 0 Å². The first-order valence-electron chi connectivity index (χ1n) is 9.34. The lowest BCUT2D eigenvalue weighted by molar-refractivity contribution is 0.119. The Bertz CT molecular complexity index is 1160. The molecule has 0 bridgehead atoms. The summed E-state index contributed by atoms with van der Waals surface area (Å²) in [5, 5.41) is 8.87. The van der Waals surface area contributed by atoms with Crippen LogP contribution in [0.1, 0.15) is 11.1 Å². The number of hydrogen-bond acceptors (Lipinski definition) is 3. The summed E-state index contributed by atoms with van der Waals surface area (Å²) in [4.78, 5) is 0. The minimum atomic E-state index is -0.636. The van der Waals surface area contributed by atoms with Crippen molar-refractivity contribution in [1.82, 2.24) is 0 Å². The molecule has 5 heteroatoms. The second kappa shape index (κ2) is 10.0. The Hall–Kier alpha value is -4.17. The van der Waals surface area contributed by atoms with E-state index in [0.29, 0.717) is 22.6 Å². The molecule has 0 amide bonds. The molecular formula is C26H19F2NO2. The normalized spacial score (nSPS) is 10.5. The van der Waals surface area contributed by atoms with Crippen LogP contribution in [0, 0.1) is 17.1 Å². The van der Waals surface area contributed by atoms with Crippen molar-refractivity contribution in [2.75, 3.05) is 6.79 Å². The Balaban J connectivity index is 1.56. The van der Waals surface area contributed by atoms with Gasteiger partial charge >= 0.3 is 0 Å². The number of ether oxygens (including phenoxy) is 2. The largest absolute Gasteiger partial charge is 0.458 e. The van der Waals surface area contributed by atoms with E-state index in [1.165, 1.54) is 18.2 Å². The van der Waals surface area contributed by atoms with Gasteiger partial charge in [0.1, 0.15) is 23.1 Å². The summed E-state index contributed by atoms with van der Waals surface area (Å²) < 4.78 is 38.0. The summed E-state index contributed by atoms with van der Waals surface area (Å²) in [6, 6.07) is 21.1. The van der Waals surface area contributed by atoms with Gasteiger partial charge in [0.25, 0.3) is 0 Å². The number of hydrogen-bond donors (Lipinski definition) is 0. The molecular weight excluding hydrogens is 396 g/mol. The summed E-state index contributed by atoms with van der Waals surface area (Å²) >= 11 is 0. The van der Waals surface area contributed by atoms with Crippen LogP contribution in [0.3, 0.4) is 0 Å². The molecule has 0 aliphatic rings. The highest BCUT2D eigenvalue weighted by Gasteiger charge is 2.07. The van der Waals surface area contributed by atoms with Gasteiger partial charge in [-0.05, 0) is 59.2 Å². The quantitative estimate of drug-likeness (QED) is 0.299. The molecule has 154 valence electrons. The van der Waals surface area contributed by atoms with Crippen molar-refractivity contribution in [1.29, 1.82) is 5.26 Å². The Morgan fingerprint density at radius 3 is 2.03 bits per heavy atom. The van der Waals surface area contributed by atoms with E-state index in [1.54, 1.807) is 30.3 Å². The molecule has 3 aromatic carbocycles. The van der Waals surface area contributed by atoms with Crippen molar-refractivity contribution in [3.8, 4) is 28.7 Å². The number of allylic oxidation sites excluding steroid dienone is 4. The first kappa shape index (κ1) is 21.5. The standard InChI is InChI=1S/C26H19F2NO2/c1-18(3-4-19(2)27)25-14-13-24(15-26(25)28)31-17-30-23-11-9-22(10-12-23)21-7-5-20(16-29)6-8-21/h3-15H,1-2,17H2. The van der Waals surface area contributed by atoms with Crippen molar-refractivity contribution in [2.24, 2.45) is 0 Å². The molecule has 0 fully saturated rings. The van der Waals surface area contributed by atoms with Crippen LogP contribution >= 0.6 is 0 Å². The molecule has 0 atom stereocenters. The van der Waals surface area contributed by atoms with Gasteiger partial charge in [-0.25, -0.2) is 8.78 Å². The maximum atomic E-state index is 14.3. The zero-order valence-electron chi connectivity index (χ0n) is 16.6. The van der Waals surface area contributed by atoms with Gasteiger partial charge in [-0.1, -0.05) is 43.5 Å². The third-order valence-electron chi connectivity index (χ3n) is 4.40. The van der Waals surface area contributed by atoms with E-state index in [9.17, 15) is 8.78 Å². The van der Waals surface area contributed by atoms with E-state index < -0.39 is 11.6 Å². The van der Waals surface area contributed by atoms with Gasteiger partial charge in [-0.2, -0.15) is 5.26 Å². The lowest BCUT2D eigenvalue weighted by atomic mass is 10.0. The maximum absolute atomic E-state index is 14.3. The molecule has 0 saturated heterocycles. The predicted octanol–water partition coefficient (Wildman–Crippen LogP) is 6.83. The van der Waals surface area contributed by atoms with Gasteiger partial charge < -0.3 is 9.47 Å². The van der Waals surface area contributed by atoms with Crippen molar-refractivity contribution in [3.05, 3.63) is 115 Å². The molecule has 0 N–H and O–H groups in total. The third-order valence-corrected chi connectivity index (χ3v) is 4.40. The lowest BCUT2D eigenvalue weighted by Gasteiger charge is -2.11. The number of nitriles is 1. The van der Waals surface area contributed by atoms with Crippen LogP contribution in [0.5, 0.6) is 11.5 Å². The van der Waals surface area contributed by atoms with Crippen molar-refractivity contribution in [3.63, 3.8) is 0 Å². The van der Waals surface area contributed by atoms with Crippen LogP contribution in [-0.4, -0.2) is 6.79 Å². The fourth-order valence-electron chi connectivity index (χ4n) is 2.77. The summed E-state index contributed by atoms with van der Waals surface area (Å²) in [6.45, 7) is 6.72. The van der Waals surface area contributed by atoms with E-state index in [0.717, 1.165) is 17.2 Å². The highest BCUT2D eigenvalue weighted by molar-refractivity contribution is 5.73. The second-order valence-electron chi connectivity index (χ2n) is 6.57. The second-order valence-corrected chi connectivity index (χ2v) is 6.57. The first-order chi connectivity index (χ1) is 15.0. The Morgan fingerprint density at radius 1 is 0.871 bits per heavy atom. The zero-order valence-corrected chi connectivity index (χ0v) is 16.6. The predicted molar refractivity (Wildman–Crippen MR) is 118 cm³/mol. The SMILES string of the molecule is C=C(F)C=CC(=C)c1ccc(OCOc2ccc(-c3ccc(C#N)cc3)cc2)cc1F. The molecule has 0 heterocycles. The number of rotatable bonds is 8. The van der Waals surface area contributed by atoms with Gasteiger partial charge in [-0.15, -0.1) is 0 Å². The van der Waals surface area contributed by atoms with Crippen molar-refractivity contribution < 1.29 is 18.3 Å². The maximum Gasteiger partial charge on any atom is 0.230 e. The molecule has 0 aliphatic carbocycles. The molecule has 0 radical (unpaired) electrons. The zero-order chi connectivity index (χ0) is 22.2. The molecule has 31 heavy (non-hydrogen) atoms. The molecule has 0 unspecified atom stereocenters. The third kappa shape index (κ3) is 5.91. The van der Waals surface area contributed by atoms with E-state index in [-0.39, 0.29) is 12.4 Å². The minimum absolute atomic E-state index is 0.0997. The average molecular weight is 415 g/mol. The number of benzene rings is 3. The molecule has 3 nitrogen and oxygen atoms in total. The Labute approximate surface area is 179 Å². The molecule has 0 spiro atoms. The van der Waals surface area contributed by atoms with Crippen molar-refractivity contribution in [2.45, 2.75) is 0 Å². The molecule has 3 rings (SSSR count). The van der Waals surface area contributed by atoms with E-state index in [1.807, 2.05) is 24.3 Å². The fraction of sp³-hybridized carbons (Fsp3) is 0.0385. The molecule has 0 aliphatic heterocycles. The average Bonchev–Trinajstić information content (AvgIpc) is 2.78. The minimum Gasteiger partial charge on any atom is -0.458 e. The summed E-state index contributed by atoms with van der Waals surface area (Å²) in [5.74, 6) is -0.284. The monoisotopic (exact) mass is 415 g/mol.